The lowest BCUT2D eigenvalue weighted by Gasteiger charge is -2.20. The Morgan fingerprint density at radius 2 is 1.90 bits per heavy atom. The van der Waals surface area contributed by atoms with Crippen molar-refractivity contribution < 1.29 is 0 Å². The molecular weight excluding hydrogens is 328 g/mol. The highest BCUT2D eigenvalue weighted by Crippen LogP contribution is 2.32. The normalized spacial score (nSPS) is 12.5. The Labute approximate surface area is 131 Å². The molecular formula is C16H15BrN4. The number of hydrazine groups is 1. The van der Waals surface area contributed by atoms with Crippen LogP contribution in [0.25, 0.3) is 10.9 Å². The number of hydrogen-bond acceptors (Lipinski definition) is 4. The summed E-state index contributed by atoms with van der Waals surface area (Å²) in [5.41, 5.74) is 12.6. The van der Waals surface area contributed by atoms with Gasteiger partial charge in [0.05, 0.1) is 11.6 Å². The average molecular weight is 343 g/mol. The van der Waals surface area contributed by atoms with Gasteiger partial charge < -0.3 is 5.73 Å². The Balaban J connectivity index is 2.21. The molecule has 1 aromatic heterocycles. The minimum atomic E-state index is -0.199. The summed E-state index contributed by atoms with van der Waals surface area (Å²) < 4.78 is 0.963. The van der Waals surface area contributed by atoms with Gasteiger partial charge in [-0.05, 0) is 41.5 Å². The maximum atomic E-state index is 6.12. The fourth-order valence-electron chi connectivity index (χ4n) is 2.52. The number of fused-ring (bicyclic) bond motifs is 1. The lowest BCUT2D eigenvalue weighted by atomic mass is 9.94. The maximum Gasteiger partial charge on any atom is 0.0736 e. The second kappa shape index (κ2) is 5.81. The summed E-state index contributed by atoms with van der Waals surface area (Å²) in [4.78, 5) is 4.38. The second-order valence-corrected chi connectivity index (χ2v) is 5.71. The Bertz CT molecular complexity index is 783. The number of aromatic nitrogens is 1. The third kappa shape index (κ3) is 2.63. The third-order valence-electron chi connectivity index (χ3n) is 3.52. The molecule has 4 nitrogen and oxygen atoms in total. The van der Waals surface area contributed by atoms with Crippen LogP contribution < -0.4 is 17.0 Å². The van der Waals surface area contributed by atoms with Crippen molar-refractivity contribution >= 4 is 32.5 Å². The molecule has 0 radical (unpaired) electrons. The van der Waals surface area contributed by atoms with E-state index in [9.17, 15) is 0 Å². The van der Waals surface area contributed by atoms with Gasteiger partial charge in [0.1, 0.15) is 0 Å². The highest BCUT2D eigenvalue weighted by atomic mass is 79.9. The summed E-state index contributed by atoms with van der Waals surface area (Å²) in [5, 5.41) is 1.06. The molecule has 5 N–H and O–H groups in total. The molecule has 0 fully saturated rings. The minimum absolute atomic E-state index is 0.199. The molecule has 3 aromatic rings. The van der Waals surface area contributed by atoms with Gasteiger partial charge in [-0.1, -0.05) is 34.1 Å². The first-order valence-electron chi connectivity index (χ1n) is 6.55. The number of halogens is 1. The molecule has 2 aromatic carbocycles. The van der Waals surface area contributed by atoms with Crippen LogP contribution in [0, 0.1) is 0 Å². The van der Waals surface area contributed by atoms with Gasteiger partial charge in [0, 0.05) is 21.7 Å². The number of nitrogen functional groups attached to an aromatic ring is 1. The van der Waals surface area contributed by atoms with Crippen molar-refractivity contribution in [2.45, 2.75) is 6.04 Å². The third-order valence-corrected chi connectivity index (χ3v) is 4.01. The van der Waals surface area contributed by atoms with Crippen LogP contribution in [0.2, 0.25) is 0 Å². The van der Waals surface area contributed by atoms with Crippen LogP contribution in [0.5, 0.6) is 0 Å². The van der Waals surface area contributed by atoms with E-state index < -0.39 is 0 Å². The zero-order chi connectivity index (χ0) is 14.8. The van der Waals surface area contributed by atoms with E-state index in [1.165, 1.54) is 0 Å². The fourth-order valence-corrected chi connectivity index (χ4v) is 2.90. The highest BCUT2D eigenvalue weighted by Gasteiger charge is 2.18. The van der Waals surface area contributed by atoms with Gasteiger partial charge >= 0.3 is 0 Å². The molecule has 0 aliphatic carbocycles. The predicted octanol–water partition coefficient (Wildman–Crippen LogP) is 3.13. The van der Waals surface area contributed by atoms with E-state index in [0.29, 0.717) is 5.69 Å². The monoisotopic (exact) mass is 342 g/mol. The molecule has 0 saturated carbocycles. The van der Waals surface area contributed by atoms with Crippen molar-refractivity contribution in [3.05, 3.63) is 70.3 Å². The maximum absolute atomic E-state index is 6.12. The van der Waals surface area contributed by atoms with E-state index in [2.05, 4.69) is 26.3 Å². The zero-order valence-electron chi connectivity index (χ0n) is 11.3. The summed E-state index contributed by atoms with van der Waals surface area (Å²) in [6.45, 7) is 0. The number of anilines is 1. The quantitative estimate of drug-likeness (QED) is 0.388. The fraction of sp³-hybridized carbons (Fsp3) is 0.0625. The second-order valence-electron chi connectivity index (χ2n) is 4.79. The molecule has 1 atom stereocenters. The van der Waals surface area contributed by atoms with Crippen LogP contribution in [0.15, 0.2) is 59.2 Å². The SMILES string of the molecule is NNC(c1cc(Br)ccc1N)c1cccc2ncccc12. The van der Waals surface area contributed by atoms with Crippen LogP contribution in [-0.4, -0.2) is 4.98 Å². The van der Waals surface area contributed by atoms with E-state index in [-0.39, 0.29) is 6.04 Å². The minimum Gasteiger partial charge on any atom is -0.398 e. The van der Waals surface area contributed by atoms with Gasteiger partial charge in [-0.25, -0.2) is 5.43 Å². The van der Waals surface area contributed by atoms with Crippen molar-refractivity contribution in [1.82, 2.24) is 10.4 Å². The number of hydrogen-bond donors (Lipinski definition) is 3. The Morgan fingerprint density at radius 3 is 2.71 bits per heavy atom. The number of nitrogens with one attached hydrogen (secondary N) is 1. The number of benzene rings is 2. The summed E-state index contributed by atoms with van der Waals surface area (Å²) in [6, 6.07) is 15.5. The molecule has 5 heteroatoms. The average Bonchev–Trinajstić information content (AvgIpc) is 2.51. The molecule has 106 valence electrons. The van der Waals surface area contributed by atoms with E-state index in [1.807, 2.05) is 48.5 Å². The van der Waals surface area contributed by atoms with Gasteiger partial charge in [-0.3, -0.25) is 10.8 Å². The molecule has 1 heterocycles. The number of nitrogens with zero attached hydrogens (tertiary/aromatic N) is 1. The topological polar surface area (TPSA) is 77.0 Å². The zero-order valence-corrected chi connectivity index (χ0v) is 12.8. The van der Waals surface area contributed by atoms with Gasteiger partial charge in [-0.15, -0.1) is 0 Å². The Morgan fingerprint density at radius 1 is 1.05 bits per heavy atom. The lowest BCUT2D eigenvalue weighted by Crippen LogP contribution is -2.29. The van der Waals surface area contributed by atoms with Gasteiger partial charge in [-0.2, -0.15) is 0 Å². The summed E-state index contributed by atoms with van der Waals surface area (Å²) in [6.07, 6.45) is 1.78. The van der Waals surface area contributed by atoms with Crippen molar-refractivity contribution in [1.29, 1.82) is 0 Å². The van der Waals surface area contributed by atoms with Crippen LogP contribution >= 0.6 is 15.9 Å². The van der Waals surface area contributed by atoms with Gasteiger partial charge in [0.2, 0.25) is 0 Å². The van der Waals surface area contributed by atoms with Crippen molar-refractivity contribution in [2.24, 2.45) is 5.84 Å². The molecule has 0 amide bonds. The Kier molecular flexibility index (Phi) is 3.88. The molecule has 0 spiro atoms. The first kappa shape index (κ1) is 14.0. The molecule has 0 saturated heterocycles. The standard InChI is InChI=1S/C16H15BrN4/c17-10-6-7-14(18)13(9-10)16(21-19)12-3-1-5-15-11(12)4-2-8-20-15/h1-9,16,21H,18-19H2. The molecule has 0 aliphatic rings. The lowest BCUT2D eigenvalue weighted by molar-refractivity contribution is 0.642. The summed E-state index contributed by atoms with van der Waals surface area (Å²) in [5.74, 6) is 5.81. The van der Waals surface area contributed by atoms with Crippen LogP contribution in [0.4, 0.5) is 5.69 Å². The first-order valence-corrected chi connectivity index (χ1v) is 7.34. The number of nitrogens with two attached hydrogens (primary N) is 2. The highest BCUT2D eigenvalue weighted by molar-refractivity contribution is 9.10. The van der Waals surface area contributed by atoms with Crippen LogP contribution in [0.1, 0.15) is 17.2 Å². The van der Waals surface area contributed by atoms with Gasteiger partial charge in [0.25, 0.3) is 0 Å². The number of rotatable bonds is 3. The van der Waals surface area contributed by atoms with Gasteiger partial charge in [0.15, 0.2) is 0 Å². The smallest absolute Gasteiger partial charge is 0.0736 e. The number of pyridine rings is 1. The van der Waals surface area contributed by atoms with Crippen LogP contribution in [0.3, 0.4) is 0 Å². The molecule has 0 aliphatic heterocycles. The molecule has 1 unspecified atom stereocenters. The van der Waals surface area contributed by atoms with Crippen LogP contribution in [-0.2, 0) is 0 Å². The molecule has 0 bridgehead atoms. The van der Waals surface area contributed by atoms with E-state index in [1.54, 1.807) is 6.20 Å². The summed E-state index contributed by atoms with van der Waals surface area (Å²) >= 11 is 3.48. The largest absolute Gasteiger partial charge is 0.398 e. The van der Waals surface area contributed by atoms with E-state index in [0.717, 1.165) is 26.5 Å². The van der Waals surface area contributed by atoms with Crippen molar-refractivity contribution in [3.8, 4) is 0 Å². The predicted molar refractivity (Wildman–Crippen MR) is 89.5 cm³/mol. The Hall–Kier alpha value is -1.95. The molecule has 3 rings (SSSR count). The first-order chi connectivity index (χ1) is 10.2. The summed E-state index contributed by atoms with van der Waals surface area (Å²) in [7, 11) is 0. The van der Waals surface area contributed by atoms with E-state index >= 15 is 0 Å². The van der Waals surface area contributed by atoms with Crippen molar-refractivity contribution in [2.75, 3.05) is 5.73 Å². The van der Waals surface area contributed by atoms with E-state index in [4.69, 9.17) is 11.6 Å². The van der Waals surface area contributed by atoms with Crippen molar-refractivity contribution in [3.63, 3.8) is 0 Å². The molecule has 21 heavy (non-hydrogen) atoms.